The predicted octanol–water partition coefficient (Wildman–Crippen LogP) is 1.29. The Morgan fingerprint density at radius 2 is 1.92 bits per heavy atom. The molecule has 140 valence electrons. The van der Waals surface area contributed by atoms with Crippen LogP contribution in [0.3, 0.4) is 0 Å². The van der Waals surface area contributed by atoms with Gasteiger partial charge in [-0.2, -0.15) is 0 Å². The third kappa shape index (κ3) is 5.22. The molecule has 2 N–H and O–H groups in total. The Kier molecular flexibility index (Phi) is 6.62. The van der Waals surface area contributed by atoms with Gasteiger partial charge in [-0.05, 0) is 32.9 Å². The SMILES string of the molecule is CC(C)NC(=O)NC(=O)[C@@H](C)OC(=O)CN1C(=O)CSc2ccccc21. The summed E-state index contributed by atoms with van der Waals surface area (Å²) in [4.78, 5) is 49.9. The van der Waals surface area contributed by atoms with Crippen LogP contribution < -0.4 is 15.5 Å². The highest BCUT2D eigenvalue weighted by molar-refractivity contribution is 8.00. The quantitative estimate of drug-likeness (QED) is 0.747. The number of anilines is 1. The Labute approximate surface area is 155 Å². The zero-order chi connectivity index (χ0) is 19.3. The number of benzene rings is 1. The highest BCUT2D eigenvalue weighted by atomic mass is 32.2. The van der Waals surface area contributed by atoms with Gasteiger partial charge in [-0.15, -0.1) is 11.8 Å². The maximum absolute atomic E-state index is 12.1. The van der Waals surface area contributed by atoms with Crippen LogP contribution in [0.15, 0.2) is 29.2 Å². The average molecular weight is 379 g/mol. The molecule has 1 aliphatic heterocycles. The maximum Gasteiger partial charge on any atom is 0.326 e. The van der Waals surface area contributed by atoms with E-state index in [1.54, 1.807) is 26.0 Å². The summed E-state index contributed by atoms with van der Waals surface area (Å²) in [5, 5.41) is 4.59. The van der Waals surface area contributed by atoms with Crippen molar-refractivity contribution in [2.75, 3.05) is 17.2 Å². The molecule has 0 saturated heterocycles. The number of thioether (sulfide) groups is 1. The van der Waals surface area contributed by atoms with Gasteiger partial charge in [0.05, 0.1) is 11.4 Å². The molecule has 1 aromatic carbocycles. The molecule has 0 bridgehead atoms. The van der Waals surface area contributed by atoms with Crippen molar-refractivity contribution in [3.8, 4) is 0 Å². The standard InChI is InChI=1S/C17H21N3O5S/c1-10(2)18-17(24)19-16(23)11(3)25-15(22)8-20-12-6-4-5-7-13(12)26-9-14(20)21/h4-7,10-11H,8-9H2,1-3H3,(H2,18,19,23,24)/t11-/m1/s1. The Morgan fingerprint density at radius 3 is 2.62 bits per heavy atom. The molecule has 0 radical (unpaired) electrons. The molecule has 0 aliphatic carbocycles. The molecule has 1 heterocycles. The Morgan fingerprint density at radius 1 is 1.23 bits per heavy atom. The minimum absolute atomic E-state index is 0.135. The van der Waals surface area contributed by atoms with E-state index in [1.807, 2.05) is 12.1 Å². The lowest BCUT2D eigenvalue weighted by atomic mass is 10.2. The summed E-state index contributed by atoms with van der Waals surface area (Å²) in [7, 11) is 0. The van der Waals surface area contributed by atoms with Crippen LogP contribution in [0.4, 0.5) is 10.5 Å². The number of hydrogen-bond acceptors (Lipinski definition) is 6. The summed E-state index contributed by atoms with van der Waals surface area (Å²) in [6.45, 7) is 4.56. The van der Waals surface area contributed by atoms with E-state index in [-0.39, 0.29) is 24.2 Å². The number of fused-ring (bicyclic) bond motifs is 1. The fourth-order valence-electron chi connectivity index (χ4n) is 2.26. The number of imide groups is 1. The minimum atomic E-state index is -1.16. The van der Waals surface area contributed by atoms with E-state index in [2.05, 4.69) is 10.6 Å². The molecule has 1 aliphatic rings. The average Bonchev–Trinajstić information content (AvgIpc) is 2.56. The van der Waals surface area contributed by atoms with Crippen molar-refractivity contribution < 1.29 is 23.9 Å². The van der Waals surface area contributed by atoms with Crippen molar-refractivity contribution in [3.05, 3.63) is 24.3 Å². The van der Waals surface area contributed by atoms with E-state index in [4.69, 9.17) is 4.74 Å². The van der Waals surface area contributed by atoms with E-state index < -0.39 is 24.0 Å². The summed E-state index contributed by atoms with van der Waals surface area (Å²) in [5.74, 6) is -1.45. The zero-order valence-electron chi connectivity index (χ0n) is 14.8. The van der Waals surface area contributed by atoms with Gasteiger partial charge in [-0.25, -0.2) is 4.79 Å². The van der Waals surface area contributed by atoms with Crippen LogP contribution in [0, 0.1) is 0 Å². The van der Waals surface area contributed by atoms with E-state index in [0.717, 1.165) is 4.90 Å². The number of urea groups is 1. The molecule has 2 rings (SSSR count). The van der Waals surface area contributed by atoms with E-state index in [0.29, 0.717) is 5.69 Å². The second-order valence-electron chi connectivity index (χ2n) is 5.99. The van der Waals surface area contributed by atoms with Gasteiger partial charge < -0.3 is 10.1 Å². The molecule has 0 saturated carbocycles. The molecule has 1 aromatic rings. The number of nitrogens with zero attached hydrogens (tertiary/aromatic N) is 1. The summed E-state index contributed by atoms with van der Waals surface area (Å²) in [6.07, 6.45) is -1.16. The highest BCUT2D eigenvalue weighted by Crippen LogP contribution is 2.34. The van der Waals surface area contributed by atoms with Crippen molar-refractivity contribution >= 4 is 41.3 Å². The Bertz CT molecular complexity index is 722. The van der Waals surface area contributed by atoms with Crippen LogP contribution in [-0.4, -0.2) is 48.3 Å². The van der Waals surface area contributed by atoms with Gasteiger partial charge in [0.1, 0.15) is 6.54 Å². The monoisotopic (exact) mass is 379 g/mol. The fraction of sp³-hybridized carbons (Fsp3) is 0.412. The van der Waals surface area contributed by atoms with E-state index in [9.17, 15) is 19.2 Å². The first-order valence-corrected chi connectivity index (χ1v) is 9.09. The first-order chi connectivity index (χ1) is 12.3. The van der Waals surface area contributed by atoms with Gasteiger partial charge >= 0.3 is 12.0 Å². The number of para-hydroxylation sites is 1. The molecular formula is C17H21N3O5S. The molecular weight excluding hydrogens is 358 g/mol. The predicted molar refractivity (Wildman–Crippen MR) is 96.9 cm³/mol. The number of nitrogens with one attached hydrogen (secondary N) is 2. The van der Waals surface area contributed by atoms with Gasteiger partial charge in [0.15, 0.2) is 6.10 Å². The third-order valence-corrected chi connectivity index (χ3v) is 4.48. The van der Waals surface area contributed by atoms with Crippen molar-refractivity contribution in [3.63, 3.8) is 0 Å². The van der Waals surface area contributed by atoms with E-state index >= 15 is 0 Å². The number of carbonyl (C=O) groups is 4. The Hall–Kier alpha value is -2.55. The van der Waals surface area contributed by atoms with Crippen molar-refractivity contribution in [2.24, 2.45) is 0 Å². The molecule has 4 amide bonds. The van der Waals surface area contributed by atoms with Crippen molar-refractivity contribution in [1.29, 1.82) is 0 Å². The van der Waals surface area contributed by atoms with Crippen LogP contribution in [0.1, 0.15) is 20.8 Å². The molecule has 9 heteroatoms. The van der Waals surface area contributed by atoms with Crippen LogP contribution >= 0.6 is 11.8 Å². The van der Waals surface area contributed by atoms with Crippen molar-refractivity contribution in [2.45, 2.75) is 37.8 Å². The largest absolute Gasteiger partial charge is 0.451 e. The summed E-state index contributed by atoms with van der Waals surface area (Å²) in [6, 6.07) is 6.45. The molecule has 0 spiro atoms. The molecule has 0 fully saturated rings. The molecule has 8 nitrogen and oxygen atoms in total. The van der Waals surface area contributed by atoms with Crippen LogP contribution in [0.5, 0.6) is 0 Å². The lowest BCUT2D eigenvalue weighted by Crippen LogP contribution is -2.47. The first kappa shape index (κ1) is 19.8. The van der Waals surface area contributed by atoms with Gasteiger partial charge in [0.25, 0.3) is 5.91 Å². The third-order valence-electron chi connectivity index (χ3n) is 3.43. The van der Waals surface area contributed by atoms with Gasteiger partial charge in [-0.3, -0.25) is 24.6 Å². The number of ether oxygens (including phenoxy) is 1. The number of esters is 1. The fourth-order valence-corrected chi connectivity index (χ4v) is 3.19. The van der Waals surface area contributed by atoms with Gasteiger partial charge in [0, 0.05) is 10.9 Å². The van der Waals surface area contributed by atoms with Crippen LogP contribution in [0.2, 0.25) is 0 Å². The lowest BCUT2D eigenvalue weighted by Gasteiger charge is -2.28. The van der Waals surface area contributed by atoms with Gasteiger partial charge in [-0.1, -0.05) is 12.1 Å². The zero-order valence-corrected chi connectivity index (χ0v) is 15.6. The maximum atomic E-state index is 12.1. The summed E-state index contributed by atoms with van der Waals surface area (Å²) in [5.41, 5.74) is 0.638. The number of hydrogen-bond donors (Lipinski definition) is 2. The first-order valence-electron chi connectivity index (χ1n) is 8.11. The van der Waals surface area contributed by atoms with Crippen LogP contribution in [0.25, 0.3) is 0 Å². The topological polar surface area (TPSA) is 105 Å². The minimum Gasteiger partial charge on any atom is -0.451 e. The molecule has 26 heavy (non-hydrogen) atoms. The molecule has 1 atom stereocenters. The van der Waals surface area contributed by atoms with Gasteiger partial charge in [0.2, 0.25) is 5.91 Å². The summed E-state index contributed by atoms with van der Waals surface area (Å²) >= 11 is 1.41. The second-order valence-corrected chi connectivity index (χ2v) is 7.00. The molecule has 0 unspecified atom stereocenters. The smallest absolute Gasteiger partial charge is 0.326 e. The highest BCUT2D eigenvalue weighted by Gasteiger charge is 2.28. The number of rotatable bonds is 5. The normalized spacial score (nSPS) is 14.5. The summed E-state index contributed by atoms with van der Waals surface area (Å²) < 4.78 is 5.05. The Balaban J connectivity index is 1.93. The van der Waals surface area contributed by atoms with Crippen LogP contribution in [-0.2, 0) is 19.1 Å². The molecule has 0 aromatic heterocycles. The number of amides is 4. The lowest BCUT2D eigenvalue weighted by molar-refractivity contribution is -0.153. The van der Waals surface area contributed by atoms with Crippen molar-refractivity contribution in [1.82, 2.24) is 10.6 Å². The van der Waals surface area contributed by atoms with E-state index in [1.165, 1.54) is 23.6 Å². The number of carbonyl (C=O) groups excluding carboxylic acids is 4. The second kappa shape index (κ2) is 8.70.